The van der Waals surface area contributed by atoms with Gasteiger partial charge in [-0.1, -0.05) is 41.9 Å². The van der Waals surface area contributed by atoms with E-state index in [2.05, 4.69) is 5.32 Å². The number of amides is 2. The minimum Gasteiger partial charge on any atom is -0.382 e. The van der Waals surface area contributed by atoms with Crippen molar-refractivity contribution in [2.24, 2.45) is 0 Å². The highest BCUT2D eigenvalue weighted by Gasteiger charge is 2.40. The largest absolute Gasteiger partial charge is 0.416 e. The number of aliphatic hydroxyl groups is 1. The molecule has 0 bridgehead atoms. The Kier molecular flexibility index (Phi) is 6.27. The molecule has 2 N–H and O–H groups in total. The van der Waals surface area contributed by atoms with Gasteiger partial charge in [0.2, 0.25) is 0 Å². The van der Waals surface area contributed by atoms with Crippen LogP contribution in [-0.2, 0) is 6.54 Å². The monoisotopic (exact) mass is 372 g/mol. The van der Waals surface area contributed by atoms with Gasteiger partial charge in [-0.05, 0) is 29.8 Å². The number of rotatable bonds is 5. The quantitative estimate of drug-likeness (QED) is 0.822. The second kappa shape index (κ2) is 8.22. The van der Waals surface area contributed by atoms with Gasteiger partial charge in [0.1, 0.15) is 0 Å². The SMILES string of the molecule is O=C(Nc1ccccc1)N(Cc1ccc(Cl)cc1)C[C@H](O)C(F)(F)F. The van der Waals surface area contributed by atoms with Gasteiger partial charge in [-0.25, -0.2) is 4.79 Å². The maximum atomic E-state index is 12.7. The Morgan fingerprint density at radius 3 is 2.28 bits per heavy atom. The molecule has 25 heavy (non-hydrogen) atoms. The zero-order valence-corrected chi connectivity index (χ0v) is 13.8. The third kappa shape index (κ3) is 5.95. The van der Waals surface area contributed by atoms with E-state index in [1.165, 1.54) is 0 Å². The summed E-state index contributed by atoms with van der Waals surface area (Å²) in [6, 6.07) is 13.9. The number of benzene rings is 2. The van der Waals surface area contributed by atoms with Crippen LogP contribution in [0.5, 0.6) is 0 Å². The van der Waals surface area contributed by atoms with Crippen molar-refractivity contribution >= 4 is 23.3 Å². The van der Waals surface area contributed by atoms with Crippen LogP contribution in [0.25, 0.3) is 0 Å². The topological polar surface area (TPSA) is 52.6 Å². The molecule has 2 amide bonds. The van der Waals surface area contributed by atoms with E-state index in [0.29, 0.717) is 16.3 Å². The van der Waals surface area contributed by atoms with Crippen LogP contribution in [0.1, 0.15) is 5.56 Å². The Labute approximate surface area is 147 Å². The Morgan fingerprint density at radius 2 is 1.72 bits per heavy atom. The Morgan fingerprint density at radius 1 is 1.12 bits per heavy atom. The number of urea groups is 1. The van der Waals surface area contributed by atoms with E-state index < -0.39 is 24.9 Å². The van der Waals surface area contributed by atoms with E-state index in [-0.39, 0.29) is 6.54 Å². The summed E-state index contributed by atoms with van der Waals surface area (Å²) >= 11 is 5.78. The number of carbonyl (C=O) groups excluding carboxylic acids is 1. The Hall–Kier alpha value is -2.25. The first-order valence-corrected chi connectivity index (χ1v) is 7.73. The van der Waals surface area contributed by atoms with E-state index >= 15 is 0 Å². The first-order chi connectivity index (χ1) is 11.8. The van der Waals surface area contributed by atoms with Crippen LogP contribution in [0.4, 0.5) is 23.7 Å². The van der Waals surface area contributed by atoms with Crippen LogP contribution in [0.3, 0.4) is 0 Å². The predicted octanol–water partition coefficient (Wildman–Crippen LogP) is 4.30. The van der Waals surface area contributed by atoms with E-state index in [1.54, 1.807) is 54.6 Å². The molecule has 0 saturated heterocycles. The van der Waals surface area contributed by atoms with Gasteiger partial charge in [0.05, 0.1) is 6.54 Å². The number of aliphatic hydroxyl groups excluding tert-OH is 1. The highest BCUT2D eigenvalue weighted by molar-refractivity contribution is 6.30. The van der Waals surface area contributed by atoms with E-state index in [9.17, 15) is 23.1 Å². The van der Waals surface area contributed by atoms with Crippen molar-refractivity contribution in [3.63, 3.8) is 0 Å². The molecule has 0 spiro atoms. The number of para-hydroxylation sites is 1. The van der Waals surface area contributed by atoms with E-state index in [0.717, 1.165) is 4.90 Å². The second-order valence-corrected chi connectivity index (χ2v) is 5.80. The third-order valence-electron chi connectivity index (χ3n) is 3.37. The molecule has 0 heterocycles. The highest BCUT2D eigenvalue weighted by atomic mass is 35.5. The van der Waals surface area contributed by atoms with Gasteiger partial charge >= 0.3 is 12.2 Å². The van der Waals surface area contributed by atoms with Crippen molar-refractivity contribution in [2.45, 2.75) is 18.8 Å². The highest BCUT2D eigenvalue weighted by Crippen LogP contribution is 2.22. The zero-order valence-electron chi connectivity index (χ0n) is 13.0. The minimum absolute atomic E-state index is 0.108. The van der Waals surface area contributed by atoms with Crippen LogP contribution in [0.2, 0.25) is 5.02 Å². The fourth-order valence-corrected chi connectivity index (χ4v) is 2.19. The lowest BCUT2D eigenvalue weighted by molar-refractivity contribution is -0.206. The van der Waals surface area contributed by atoms with E-state index in [1.807, 2.05) is 0 Å². The molecule has 1 atom stereocenters. The van der Waals surface area contributed by atoms with Gasteiger partial charge < -0.3 is 15.3 Å². The number of anilines is 1. The number of hydrogen-bond donors (Lipinski definition) is 2. The molecule has 2 rings (SSSR count). The van der Waals surface area contributed by atoms with Crippen molar-refractivity contribution in [1.82, 2.24) is 4.90 Å². The number of nitrogens with zero attached hydrogens (tertiary/aromatic N) is 1. The number of carbonyl (C=O) groups is 1. The van der Waals surface area contributed by atoms with Crippen molar-refractivity contribution in [3.05, 3.63) is 65.2 Å². The zero-order chi connectivity index (χ0) is 18.4. The van der Waals surface area contributed by atoms with Gasteiger partial charge in [-0.2, -0.15) is 13.2 Å². The van der Waals surface area contributed by atoms with Crippen LogP contribution < -0.4 is 5.32 Å². The summed E-state index contributed by atoms with van der Waals surface area (Å²) in [4.78, 5) is 13.3. The summed E-state index contributed by atoms with van der Waals surface area (Å²) in [5, 5.41) is 12.3. The molecule has 0 unspecified atom stereocenters. The fraction of sp³-hybridized carbons (Fsp3) is 0.235. The molecule has 0 aliphatic heterocycles. The standard InChI is InChI=1S/C17H16ClF3N2O2/c18-13-8-6-12(7-9-13)10-23(11-15(24)17(19,20)21)16(25)22-14-4-2-1-3-5-14/h1-9,15,24H,10-11H2,(H,22,25)/t15-/m0/s1. The molecular formula is C17H16ClF3N2O2. The Bertz CT molecular complexity index is 693. The van der Waals surface area contributed by atoms with Gasteiger partial charge in [-0.15, -0.1) is 0 Å². The number of nitrogens with one attached hydrogen (secondary N) is 1. The summed E-state index contributed by atoms with van der Waals surface area (Å²) in [5.41, 5.74) is 1.03. The van der Waals surface area contributed by atoms with Gasteiger partial charge in [0.15, 0.2) is 6.10 Å². The summed E-state index contributed by atoms with van der Waals surface area (Å²) in [7, 11) is 0. The third-order valence-corrected chi connectivity index (χ3v) is 3.62. The van der Waals surface area contributed by atoms with Crippen molar-refractivity contribution in [3.8, 4) is 0 Å². The molecule has 0 fully saturated rings. The molecular weight excluding hydrogens is 357 g/mol. The van der Waals surface area contributed by atoms with Crippen LogP contribution in [0, 0.1) is 0 Å². The average Bonchev–Trinajstić information content (AvgIpc) is 2.56. The number of alkyl halides is 3. The lowest BCUT2D eigenvalue weighted by atomic mass is 10.2. The molecule has 0 aliphatic rings. The minimum atomic E-state index is -4.81. The molecule has 2 aromatic carbocycles. The number of halogens is 4. The molecule has 0 radical (unpaired) electrons. The second-order valence-electron chi connectivity index (χ2n) is 5.36. The molecule has 0 saturated carbocycles. The fourth-order valence-electron chi connectivity index (χ4n) is 2.07. The molecule has 134 valence electrons. The summed E-state index contributed by atoms with van der Waals surface area (Å²) in [5.74, 6) is 0. The van der Waals surface area contributed by atoms with Crippen LogP contribution in [0.15, 0.2) is 54.6 Å². The maximum Gasteiger partial charge on any atom is 0.416 e. The Balaban J connectivity index is 2.15. The van der Waals surface area contributed by atoms with Gasteiger partial charge in [-0.3, -0.25) is 0 Å². The first-order valence-electron chi connectivity index (χ1n) is 7.36. The smallest absolute Gasteiger partial charge is 0.382 e. The van der Waals surface area contributed by atoms with Crippen LogP contribution >= 0.6 is 11.6 Å². The summed E-state index contributed by atoms with van der Waals surface area (Å²) in [6.45, 7) is -0.992. The summed E-state index contributed by atoms with van der Waals surface area (Å²) < 4.78 is 38.0. The molecule has 0 aliphatic carbocycles. The first kappa shape index (κ1) is 19.1. The molecule has 8 heteroatoms. The molecule has 4 nitrogen and oxygen atoms in total. The van der Waals surface area contributed by atoms with Crippen molar-refractivity contribution < 1.29 is 23.1 Å². The van der Waals surface area contributed by atoms with Crippen molar-refractivity contribution in [2.75, 3.05) is 11.9 Å². The van der Waals surface area contributed by atoms with Crippen molar-refractivity contribution in [1.29, 1.82) is 0 Å². The van der Waals surface area contributed by atoms with Gasteiger partial charge in [0.25, 0.3) is 0 Å². The van der Waals surface area contributed by atoms with Crippen LogP contribution in [-0.4, -0.2) is 34.9 Å². The predicted molar refractivity (Wildman–Crippen MR) is 89.4 cm³/mol. The van der Waals surface area contributed by atoms with E-state index in [4.69, 9.17) is 11.6 Å². The normalized spacial score (nSPS) is 12.5. The molecule has 2 aromatic rings. The maximum absolute atomic E-state index is 12.7. The molecule has 0 aromatic heterocycles. The summed E-state index contributed by atoms with van der Waals surface area (Å²) in [6.07, 6.45) is -7.45. The lowest BCUT2D eigenvalue weighted by Crippen LogP contribution is -2.45. The number of hydrogen-bond acceptors (Lipinski definition) is 2. The average molecular weight is 373 g/mol. The van der Waals surface area contributed by atoms with Gasteiger partial charge in [0, 0.05) is 17.3 Å². The lowest BCUT2D eigenvalue weighted by Gasteiger charge is -2.26.